The van der Waals surface area contributed by atoms with Crippen LogP contribution in [0, 0.1) is 0 Å². The number of hydrogen-bond acceptors (Lipinski definition) is 4. The molecular weight excluding hydrogens is 308 g/mol. The maximum atomic E-state index is 12.3. The minimum Gasteiger partial charge on any atom is -0.441 e. The average Bonchev–Trinajstić information content (AvgIpc) is 2.99. The summed E-state index contributed by atoms with van der Waals surface area (Å²) in [6.45, 7) is 2.38. The third kappa shape index (κ3) is 3.35. The van der Waals surface area contributed by atoms with Crippen molar-refractivity contribution in [2.24, 2.45) is 0 Å². The van der Waals surface area contributed by atoms with Gasteiger partial charge >= 0.3 is 6.09 Å². The Morgan fingerprint density at radius 1 is 1.45 bits per heavy atom. The minimum absolute atomic E-state index is 0.0981. The van der Waals surface area contributed by atoms with E-state index < -0.39 is 5.60 Å². The van der Waals surface area contributed by atoms with Gasteiger partial charge in [0, 0.05) is 38.7 Å². The predicted octanol–water partition coefficient (Wildman–Crippen LogP) is 1.42. The predicted molar refractivity (Wildman–Crippen MR) is 79.5 cm³/mol. The first kappa shape index (κ1) is 15.1. The first-order valence-electron chi connectivity index (χ1n) is 7.49. The summed E-state index contributed by atoms with van der Waals surface area (Å²) >= 11 is 5.80. The Hall–Kier alpha value is -1.76. The first-order chi connectivity index (χ1) is 10.6. The van der Waals surface area contributed by atoms with Crippen LogP contribution in [-0.4, -0.2) is 51.9 Å². The highest BCUT2D eigenvalue weighted by Gasteiger charge is 2.41. The van der Waals surface area contributed by atoms with E-state index in [2.05, 4.69) is 10.4 Å². The zero-order chi connectivity index (χ0) is 15.6. The lowest BCUT2D eigenvalue weighted by atomic mass is 9.95. The summed E-state index contributed by atoms with van der Waals surface area (Å²) in [5.74, 6) is 0.0981. The van der Waals surface area contributed by atoms with Crippen molar-refractivity contribution in [1.82, 2.24) is 20.0 Å². The van der Waals surface area contributed by atoms with Gasteiger partial charge in [-0.2, -0.15) is 5.10 Å². The van der Waals surface area contributed by atoms with E-state index in [-0.39, 0.29) is 12.0 Å². The van der Waals surface area contributed by atoms with Gasteiger partial charge in [0.1, 0.15) is 5.60 Å². The van der Waals surface area contributed by atoms with Crippen LogP contribution >= 0.6 is 11.6 Å². The first-order valence-corrected chi connectivity index (χ1v) is 7.87. The molecule has 1 aromatic rings. The summed E-state index contributed by atoms with van der Waals surface area (Å²) in [6, 6.07) is 0. The molecule has 1 atom stereocenters. The summed E-state index contributed by atoms with van der Waals surface area (Å²) in [5, 5.41) is 7.35. The van der Waals surface area contributed by atoms with Gasteiger partial charge in [0.2, 0.25) is 5.91 Å². The molecule has 120 valence electrons. The van der Waals surface area contributed by atoms with E-state index in [0.29, 0.717) is 44.0 Å². The van der Waals surface area contributed by atoms with E-state index in [1.807, 2.05) is 4.90 Å². The van der Waals surface area contributed by atoms with Crippen LogP contribution in [0.5, 0.6) is 0 Å². The molecule has 0 aromatic carbocycles. The SMILES string of the molecule is O=C1NCC2(CCCN(C(=O)CCn3cc(Cl)cn3)CC2)O1. The maximum absolute atomic E-state index is 12.3. The number of hydrogen-bond donors (Lipinski definition) is 1. The fraction of sp³-hybridized carbons (Fsp3) is 0.643. The molecular formula is C14H19ClN4O3. The number of carbonyl (C=O) groups is 2. The number of rotatable bonds is 3. The summed E-state index contributed by atoms with van der Waals surface area (Å²) in [6.07, 6.45) is 5.63. The van der Waals surface area contributed by atoms with E-state index in [1.165, 1.54) is 0 Å². The molecule has 1 aromatic heterocycles. The summed E-state index contributed by atoms with van der Waals surface area (Å²) in [7, 11) is 0. The Labute approximate surface area is 133 Å². The molecule has 2 amide bonds. The summed E-state index contributed by atoms with van der Waals surface area (Å²) < 4.78 is 7.08. The topological polar surface area (TPSA) is 76.5 Å². The Kier molecular flexibility index (Phi) is 4.24. The minimum atomic E-state index is -0.429. The Morgan fingerprint density at radius 3 is 3.00 bits per heavy atom. The van der Waals surface area contributed by atoms with Gasteiger partial charge in [-0.25, -0.2) is 4.79 Å². The second-order valence-corrected chi connectivity index (χ2v) is 6.27. The van der Waals surface area contributed by atoms with Crippen LogP contribution < -0.4 is 5.32 Å². The highest BCUT2D eigenvalue weighted by atomic mass is 35.5. The van der Waals surface area contributed by atoms with E-state index in [1.54, 1.807) is 17.1 Å². The van der Waals surface area contributed by atoms with Gasteiger partial charge in [0.05, 0.1) is 17.8 Å². The van der Waals surface area contributed by atoms with Crippen LogP contribution in [0.15, 0.2) is 12.4 Å². The van der Waals surface area contributed by atoms with Crippen LogP contribution in [0.3, 0.4) is 0 Å². The smallest absolute Gasteiger partial charge is 0.407 e. The number of nitrogens with zero attached hydrogens (tertiary/aromatic N) is 3. The molecule has 1 spiro atoms. The molecule has 8 heteroatoms. The zero-order valence-corrected chi connectivity index (χ0v) is 13.0. The van der Waals surface area contributed by atoms with Gasteiger partial charge in [-0.1, -0.05) is 11.6 Å². The molecule has 0 radical (unpaired) electrons. The van der Waals surface area contributed by atoms with E-state index in [4.69, 9.17) is 16.3 Å². The molecule has 3 rings (SSSR count). The molecule has 1 N–H and O–H groups in total. The fourth-order valence-electron chi connectivity index (χ4n) is 3.03. The molecule has 2 saturated heterocycles. The zero-order valence-electron chi connectivity index (χ0n) is 12.3. The molecule has 0 saturated carbocycles. The lowest BCUT2D eigenvalue weighted by molar-refractivity contribution is -0.131. The van der Waals surface area contributed by atoms with Crippen molar-refractivity contribution in [1.29, 1.82) is 0 Å². The fourth-order valence-corrected chi connectivity index (χ4v) is 3.18. The van der Waals surface area contributed by atoms with Crippen LogP contribution in [-0.2, 0) is 16.1 Å². The molecule has 0 aliphatic carbocycles. The molecule has 2 aliphatic heterocycles. The van der Waals surface area contributed by atoms with E-state index in [9.17, 15) is 9.59 Å². The van der Waals surface area contributed by atoms with Gasteiger partial charge < -0.3 is 15.0 Å². The van der Waals surface area contributed by atoms with Crippen molar-refractivity contribution in [2.75, 3.05) is 19.6 Å². The van der Waals surface area contributed by atoms with Crippen molar-refractivity contribution in [2.45, 2.75) is 37.8 Å². The molecule has 1 unspecified atom stereocenters. The van der Waals surface area contributed by atoms with Crippen molar-refractivity contribution in [3.63, 3.8) is 0 Å². The Bertz CT molecular complexity index is 576. The third-order valence-corrected chi connectivity index (χ3v) is 4.47. The van der Waals surface area contributed by atoms with Crippen LogP contribution in [0.4, 0.5) is 4.79 Å². The molecule has 22 heavy (non-hydrogen) atoms. The standard InChI is InChI=1S/C14H19ClN4O3/c15-11-8-17-19(9-11)6-2-12(20)18-5-1-3-14(4-7-18)10-16-13(21)22-14/h8-9H,1-7,10H2,(H,16,21). The number of aromatic nitrogens is 2. The Balaban J connectivity index is 1.52. The molecule has 0 bridgehead atoms. The van der Waals surface area contributed by atoms with Gasteiger partial charge in [0.15, 0.2) is 0 Å². The van der Waals surface area contributed by atoms with Crippen LogP contribution in [0.25, 0.3) is 0 Å². The number of ether oxygens (including phenoxy) is 1. The number of alkyl carbamates (subject to hydrolysis) is 1. The summed E-state index contributed by atoms with van der Waals surface area (Å²) in [5.41, 5.74) is -0.429. The largest absolute Gasteiger partial charge is 0.441 e. The van der Waals surface area contributed by atoms with Crippen LogP contribution in [0.2, 0.25) is 5.02 Å². The third-order valence-electron chi connectivity index (χ3n) is 4.27. The summed E-state index contributed by atoms with van der Waals surface area (Å²) in [4.78, 5) is 25.5. The number of amides is 2. The maximum Gasteiger partial charge on any atom is 0.407 e. The number of nitrogens with one attached hydrogen (secondary N) is 1. The lowest BCUT2D eigenvalue weighted by Gasteiger charge is -2.25. The molecule has 7 nitrogen and oxygen atoms in total. The molecule has 3 heterocycles. The van der Waals surface area contributed by atoms with Gasteiger partial charge in [-0.15, -0.1) is 0 Å². The average molecular weight is 327 g/mol. The van der Waals surface area contributed by atoms with Gasteiger partial charge in [-0.3, -0.25) is 9.48 Å². The van der Waals surface area contributed by atoms with Crippen molar-refractivity contribution in [3.8, 4) is 0 Å². The number of aryl methyl sites for hydroxylation is 1. The van der Waals surface area contributed by atoms with Crippen LogP contribution in [0.1, 0.15) is 25.7 Å². The van der Waals surface area contributed by atoms with E-state index >= 15 is 0 Å². The monoisotopic (exact) mass is 326 g/mol. The molecule has 2 fully saturated rings. The lowest BCUT2D eigenvalue weighted by Crippen LogP contribution is -2.36. The number of likely N-dealkylation sites (tertiary alicyclic amines) is 1. The van der Waals surface area contributed by atoms with Crippen molar-refractivity contribution >= 4 is 23.6 Å². The molecule has 2 aliphatic rings. The second-order valence-electron chi connectivity index (χ2n) is 5.83. The van der Waals surface area contributed by atoms with Gasteiger partial charge in [-0.05, 0) is 12.8 Å². The highest BCUT2D eigenvalue weighted by molar-refractivity contribution is 6.30. The van der Waals surface area contributed by atoms with Crippen molar-refractivity contribution in [3.05, 3.63) is 17.4 Å². The second kappa shape index (κ2) is 6.16. The van der Waals surface area contributed by atoms with Gasteiger partial charge in [0.25, 0.3) is 0 Å². The Morgan fingerprint density at radius 2 is 2.32 bits per heavy atom. The normalized spacial score (nSPS) is 25.0. The highest BCUT2D eigenvalue weighted by Crippen LogP contribution is 2.29. The van der Waals surface area contributed by atoms with Crippen molar-refractivity contribution < 1.29 is 14.3 Å². The van der Waals surface area contributed by atoms with E-state index in [0.717, 1.165) is 12.8 Å². The quantitative estimate of drug-likeness (QED) is 0.911. The number of carbonyl (C=O) groups excluding carboxylic acids is 2. The number of halogens is 1.